The van der Waals surface area contributed by atoms with Crippen LogP contribution in [0.2, 0.25) is 5.02 Å². The Bertz CT molecular complexity index is 1270. The molecule has 0 N–H and O–H groups in total. The first-order chi connectivity index (χ1) is 15.2. The van der Waals surface area contributed by atoms with Gasteiger partial charge in [-0.25, -0.2) is 4.98 Å². The second-order valence-electron chi connectivity index (χ2n) is 7.64. The van der Waals surface area contributed by atoms with Gasteiger partial charge < -0.3 is 9.14 Å². The first-order valence-electron chi connectivity index (χ1n) is 10.3. The van der Waals surface area contributed by atoms with Crippen LogP contribution in [0.5, 0.6) is 0 Å². The summed E-state index contributed by atoms with van der Waals surface area (Å²) in [6, 6.07) is 21.8. The van der Waals surface area contributed by atoms with Crippen molar-refractivity contribution < 1.29 is 4.74 Å². The number of rotatable bonds is 4. The zero-order valence-electron chi connectivity index (χ0n) is 17.0. The molecule has 31 heavy (non-hydrogen) atoms. The van der Waals surface area contributed by atoms with E-state index in [1.54, 1.807) is 0 Å². The molecule has 4 aromatic rings. The van der Waals surface area contributed by atoms with Crippen molar-refractivity contribution in [3.63, 3.8) is 0 Å². The molecule has 0 amide bonds. The van der Waals surface area contributed by atoms with Crippen molar-refractivity contribution in [1.29, 1.82) is 5.26 Å². The van der Waals surface area contributed by atoms with Crippen molar-refractivity contribution in [3.05, 3.63) is 83.1 Å². The number of benzene rings is 2. The van der Waals surface area contributed by atoms with Gasteiger partial charge in [0, 0.05) is 36.4 Å². The van der Waals surface area contributed by atoms with Gasteiger partial charge in [-0.3, -0.25) is 4.90 Å². The molecular formula is C25H21ClN4O. The van der Waals surface area contributed by atoms with Crippen LogP contribution in [0.4, 0.5) is 0 Å². The number of ether oxygens (including phenoxy) is 1. The zero-order chi connectivity index (χ0) is 21.2. The topological polar surface area (TPSA) is 53.6 Å². The molecule has 2 aromatic heterocycles. The SMILES string of the molecule is N#Cc1cccc(-c2ccc3nc(-c4ccc(Cl)cc4)c(CN4CCOCC4)n3c2)c1. The highest BCUT2D eigenvalue weighted by Crippen LogP contribution is 2.29. The largest absolute Gasteiger partial charge is 0.379 e. The number of aromatic nitrogens is 2. The summed E-state index contributed by atoms with van der Waals surface area (Å²) in [5.41, 5.74) is 6.76. The quantitative estimate of drug-likeness (QED) is 0.457. The van der Waals surface area contributed by atoms with Crippen molar-refractivity contribution >= 4 is 17.2 Å². The second kappa shape index (κ2) is 8.52. The first-order valence-corrected chi connectivity index (χ1v) is 10.7. The molecule has 0 atom stereocenters. The summed E-state index contributed by atoms with van der Waals surface area (Å²) in [5.74, 6) is 0. The van der Waals surface area contributed by atoms with E-state index in [0.29, 0.717) is 10.6 Å². The van der Waals surface area contributed by atoms with Gasteiger partial charge in [-0.05, 0) is 47.5 Å². The molecule has 0 unspecified atom stereocenters. The van der Waals surface area contributed by atoms with E-state index >= 15 is 0 Å². The molecule has 6 heteroatoms. The molecular weight excluding hydrogens is 408 g/mol. The monoisotopic (exact) mass is 428 g/mol. The average molecular weight is 429 g/mol. The Morgan fingerprint density at radius 2 is 1.74 bits per heavy atom. The minimum Gasteiger partial charge on any atom is -0.379 e. The Morgan fingerprint density at radius 1 is 0.968 bits per heavy atom. The molecule has 0 bridgehead atoms. The van der Waals surface area contributed by atoms with E-state index in [2.05, 4.69) is 27.6 Å². The van der Waals surface area contributed by atoms with Gasteiger partial charge in [-0.15, -0.1) is 0 Å². The van der Waals surface area contributed by atoms with E-state index in [1.165, 1.54) is 0 Å². The molecule has 154 valence electrons. The lowest BCUT2D eigenvalue weighted by molar-refractivity contribution is 0.0336. The normalized spacial score (nSPS) is 14.6. The Morgan fingerprint density at radius 3 is 2.52 bits per heavy atom. The number of halogens is 1. The van der Waals surface area contributed by atoms with E-state index in [9.17, 15) is 5.26 Å². The smallest absolute Gasteiger partial charge is 0.137 e. The third kappa shape index (κ3) is 4.06. The van der Waals surface area contributed by atoms with Crippen LogP contribution in [0.25, 0.3) is 28.0 Å². The minimum absolute atomic E-state index is 0.652. The fourth-order valence-electron chi connectivity index (χ4n) is 3.99. The van der Waals surface area contributed by atoms with Gasteiger partial charge in [0.25, 0.3) is 0 Å². The van der Waals surface area contributed by atoms with E-state index in [-0.39, 0.29) is 0 Å². The van der Waals surface area contributed by atoms with Crippen LogP contribution < -0.4 is 0 Å². The van der Waals surface area contributed by atoms with E-state index in [1.807, 2.05) is 54.6 Å². The molecule has 2 aromatic carbocycles. The first kappa shape index (κ1) is 19.8. The number of nitriles is 1. The van der Waals surface area contributed by atoms with Gasteiger partial charge in [-0.2, -0.15) is 5.26 Å². The van der Waals surface area contributed by atoms with Gasteiger partial charge in [0.1, 0.15) is 5.65 Å². The summed E-state index contributed by atoms with van der Waals surface area (Å²) >= 11 is 6.12. The minimum atomic E-state index is 0.652. The molecule has 3 heterocycles. The van der Waals surface area contributed by atoms with E-state index in [0.717, 1.165) is 66.6 Å². The molecule has 0 spiro atoms. The summed E-state index contributed by atoms with van der Waals surface area (Å²) in [4.78, 5) is 7.35. The average Bonchev–Trinajstić information content (AvgIpc) is 3.18. The molecule has 1 aliphatic heterocycles. The van der Waals surface area contributed by atoms with Crippen LogP contribution in [0.3, 0.4) is 0 Å². The summed E-state index contributed by atoms with van der Waals surface area (Å²) in [5, 5.41) is 9.98. The molecule has 1 aliphatic rings. The van der Waals surface area contributed by atoms with Crippen molar-refractivity contribution in [2.75, 3.05) is 26.3 Å². The number of fused-ring (bicyclic) bond motifs is 1. The van der Waals surface area contributed by atoms with E-state index < -0.39 is 0 Å². The van der Waals surface area contributed by atoms with Gasteiger partial charge in [0.2, 0.25) is 0 Å². The van der Waals surface area contributed by atoms with Gasteiger partial charge in [-0.1, -0.05) is 35.9 Å². The molecule has 1 saturated heterocycles. The lowest BCUT2D eigenvalue weighted by Gasteiger charge is -2.26. The van der Waals surface area contributed by atoms with Crippen molar-refractivity contribution in [3.8, 4) is 28.5 Å². The molecule has 0 saturated carbocycles. The van der Waals surface area contributed by atoms with E-state index in [4.69, 9.17) is 21.3 Å². The standard InChI is InChI=1S/C25H21ClN4O/c26-22-7-4-19(5-8-22)25-23(17-29-10-12-31-13-11-29)30-16-21(6-9-24(30)28-25)20-3-1-2-18(14-20)15-27/h1-9,14,16H,10-13,17H2. The maximum atomic E-state index is 9.27. The second-order valence-corrected chi connectivity index (χ2v) is 8.08. The number of nitrogens with zero attached hydrogens (tertiary/aromatic N) is 4. The maximum absolute atomic E-state index is 9.27. The van der Waals surface area contributed by atoms with Gasteiger partial charge in [0.05, 0.1) is 36.2 Å². The number of hydrogen-bond acceptors (Lipinski definition) is 4. The Hall–Kier alpha value is -3.17. The van der Waals surface area contributed by atoms with Crippen LogP contribution in [-0.2, 0) is 11.3 Å². The number of pyridine rings is 1. The number of morpholine rings is 1. The van der Waals surface area contributed by atoms with Crippen molar-refractivity contribution in [1.82, 2.24) is 14.3 Å². The number of hydrogen-bond donors (Lipinski definition) is 0. The van der Waals surface area contributed by atoms with Crippen molar-refractivity contribution in [2.45, 2.75) is 6.54 Å². The molecule has 5 nitrogen and oxygen atoms in total. The fraction of sp³-hybridized carbons (Fsp3) is 0.200. The predicted molar refractivity (Wildman–Crippen MR) is 122 cm³/mol. The molecule has 5 rings (SSSR count). The molecule has 0 aliphatic carbocycles. The van der Waals surface area contributed by atoms with Crippen LogP contribution in [-0.4, -0.2) is 40.6 Å². The van der Waals surface area contributed by atoms with Crippen LogP contribution in [0.15, 0.2) is 66.9 Å². The van der Waals surface area contributed by atoms with Crippen LogP contribution >= 0.6 is 11.6 Å². The third-order valence-electron chi connectivity index (χ3n) is 5.64. The highest BCUT2D eigenvalue weighted by Gasteiger charge is 2.19. The third-order valence-corrected chi connectivity index (χ3v) is 5.89. The lowest BCUT2D eigenvalue weighted by atomic mass is 10.1. The van der Waals surface area contributed by atoms with Crippen molar-refractivity contribution in [2.24, 2.45) is 0 Å². The summed E-state index contributed by atoms with van der Waals surface area (Å²) in [6.45, 7) is 4.08. The Labute approximate surface area is 186 Å². The summed E-state index contributed by atoms with van der Waals surface area (Å²) in [7, 11) is 0. The van der Waals surface area contributed by atoms with Crippen LogP contribution in [0, 0.1) is 11.3 Å². The Balaban J connectivity index is 1.64. The molecule has 1 fully saturated rings. The highest BCUT2D eigenvalue weighted by atomic mass is 35.5. The summed E-state index contributed by atoms with van der Waals surface area (Å²) < 4.78 is 7.70. The van der Waals surface area contributed by atoms with Gasteiger partial charge >= 0.3 is 0 Å². The highest BCUT2D eigenvalue weighted by molar-refractivity contribution is 6.30. The fourth-order valence-corrected chi connectivity index (χ4v) is 4.12. The lowest BCUT2D eigenvalue weighted by Crippen LogP contribution is -2.36. The summed E-state index contributed by atoms with van der Waals surface area (Å²) in [6.07, 6.45) is 2.12. The maximum Gasteiger partial charge on any atom is 0.137 e. The number of imidazole rings is 1. The Kier molecular flexibility index (Phi) is 5.44. The van der Waals surface area contributed by atoms with Gasteiger partial charge in [0.15, 0.2) is 0 Å². The van der Waals surface area contributed by atoms with Crippen LogP contribution in [0.1, 0.15) is 11.3 Å². The molecule has 0 radical (unpaired) electrons. The predicted octanol–water partition coefficient (Wildman–Crippen LogP) is 5.03. The zero-order valence-corrected chi connectivity index (χ0v) is 17.7.